The number of aromatic amines is 1. The smallest absolute Gasteiger partial charge is 0.225 e. The first-order valence-corrected chi connectivity index (χ1v) is 10.2. The van der Waals surface area contributed by atoms with Gasteiger partial charge in [0, 0.05) is 44.4 Å². The van der Waals surface area contributed by atoms with Crippen LogP contribution >= 0.6 is 27.5 Å². The molecular formula is C21H15BrClN5O. The van der Waals surface area contributed by atoms with Crippen LogP contribution in [0.25, 0.3) is 22.6 Å². The molecule has 0 fully saturated rings. The third-order valence-corrected chi connectivity index (χ3v) is 6.35. The number of primary amides is 1. The molecule has 0 radical (unpaired) electrons. The Balaban J connectivity index is 1.63. The second kappa shape index (κ2) is 6.64. The molecule has 2 heterocycles. The van der Waals surface area contributed by atoms with E-state index in [1.54, 1.807) is 12.3 Å². The van der Waals surface area contributed by atoms with Gasteiger partial charge in [0.2, 0.25) is 5.91 Å². The average molecular weight is 469 g/mol. The predicted octanol–water partition coefficient (Wildman–Crippen LogP) is 4.25. The molecule has 0 spiro atoms. The van der Waals surface area contributed by atoms with E-state index in [1.165, 1.54) is 0 Å². The molecule has 2 aliphatic carbocycles. The van der Waals surface area contributed by atoms with Crippen LogP contribution in [0.3, 0.4) is 0 Å². The Bertz CT molecular complexity index is 1260. The Morgan fingerprint density at radius 1 is 1.34 bits per heavy atom. The molecular weight excluding hydrogens is 454 g/mol. The van der Waals surface area contributed by atoms with E-state index in [-0.39, 0.29) is 11.8 Å². The molecule has 2 aromatic heterocycles. The summed E-state index contributed by atoms with van der Waals surface area (Å²) in [5.41, 5.74) is 9.49. The monoisotopic (exact) mass is 467 g/mol. The van der Waals surface area contributed by atoms with Crippen LogP contribution in [0.15, 0.2) is 58.7 Å². The molecule has 1 unspecified atom stereocenters. The number of benzene rings is 1. The van der Waals surface area contributed by atoms with Crippen molar-refractivity contribution in [3.8, 4) is 11.4 Å². The number of fused-ring (bicyclic) bond motifs is 2. The van der Waals surface area contributed by atoms with E-state index < -0.39 is 11.8 Å². The summed E-state index contributed by atoms with van der Waals surface area (Å²) < 4.78 is 0.663. The van der Waals surface area contributed by atoms with Crippen molar-refractivity contribution in [3.05, 3.63) is 69.3 Å². The van der Waals surface area contributed by atoms with E-state index >= 15 is 0 Å². The number of nitrogens with zero attached hydrogens (tertiary/aromatic N) is 2. The van der Waals surface area contributed by atoms with Crippen LogP contribution in [0.4, 0.5) is 0 Å². The molecule has 29 heavy (non-hydrogen) atoms. The zero-order chi connectivity index (χ0) is 20.3. The summed E-state index contributed by atoms with van der Waals surface area (Å²) in [6.07, 6.45) is 7.60. The van der Waals surface area contributed by atoms with E-state index in [9.17, 15) is 4.79 Å². The number of imidazole rings is 1. The number of hydrogen-bond donors (Lipinski definition) is 3. The maximum atomic E-state index is 12.1. The third kappa shape index (κ3) is 2.84. The number of hydrogen-bond acceptors (Lipinski definition) is 4. The fourth-order valence-electron chi connectivity index (χ4n) is 4.25. The zero-order valence-corrected chi connectivity index (χ0v) is 17.3. The Kier molecular flexibility index (Phi) is 4.18. The van der Waals surface area contributed by atoms with Crippen molar-refractivity contribution in [3.63, 3.8) is 0 Å². The maximum Gasteiger partial charge on any atom is 0.225 e. The summed E-state index contributed by atoms with van der Waals surface area (Å²) in [6.45, 7) is 0. The molecule has 2 bridgehead atoms. The lowest BCUT2D eigenvalue weighted by Gasteiger charge is -2.27. The lowest BCUT2D eigenvalue weighted by atomic mass is 9.76. The van der Waals surface area contributed by atoms with Gasteiger partial charge < -0.3 is 16.1 Å². The minimum absolute atomic E-state index is 0.0135. The molecule has 1 amide bonds. The summed E-state index contributed by atoms with van der Waals surface area (Å²) >= 11 is 9.64. The summed E-state index contributed by atoms with van der Waals surface area (Å²) in [5, 5.41) is 9.58. The molecule has 0 saturated heterocycles. The Labute approximate surface area is 179 Å². The maximum absolute atomic E-state index is 12.1. The van der Waals surface area contributed by atoms with E-state index in [0.29, 0.717) is 37.8 Å². The number of pyridine rings is 1. The highest BCUT2D eigenvalue weighted by atomic mass is 79.9. The average Bonchev–Trinajstić information content (AvgIpc) is 3.41. The van der Waals surface area contributed by atoms with Gasteiger partial charge in [-0.2, -0.15) is 0 Å². The van der Waals surface area contributed by atoms with E-state index in [0.717, 1.165) is 11.1 Å². The molecule has 1 aromatic carbocycles. The number of carbonyl (C=O) groups excluding carboxylic acids is 1. The van der Waals surface area contributed by atoms with Gasteiger partial charge in [-0.15, -0.1) is 0 Å². The van der Waals surface area contributed by atoms with Gasteiger partial charge in [-0.3, -0.25) is 4.79 Å². The van der Waals surface area contributed by atoms with E-state index in [4.69, 9.17) is 22.7 Å². The number of amides is 1. The first-order valence-electron chi connectivity index (χ1n) is 9.02. The Morgan fingerprint density at radius 2 is 2.17 bits per heavy atom. The molecule has 144 valence electrons. The van der Waals surface area contributed by atoms with Gasteiger partial charge >= 0.3 is 0 Å². The molecule has 3 aromatic rings. The van der Waals surface area contributed by atoms with Gasteiger partial charge in [-0.25, -0.2) is 9.97 Å². The van der Waals surface area contributed by atoms with Crippen LogP contribution in [0.2, 0.25) is 5.02 Å². The van der Waals surface area contributed by atoms with Crippen LogP contribution in [-0.2, 0) is 4.79 Å². The highest BCUT2D eigenvalue weighted by Crippen LogP contribution is 2.45. The van der Waals surface area contributed by atoms with Gasteiger partial charge in [0.15, 0.2) is 5.65 Å². The Hall–Kier alpha value is -2.77. The minimum atomic E-state index is -0.497. The minimum Gasteiger partial charge on any atom is -0.369 e. The van der Waals surface area contributed by atoms with Crippen molar-refractivity contribution >= 4 is 50.3 Å². The number of allylic oxidation sites excluding steroid dienone is 3. The number of aromatic nitrogens is 3. The molecule has 6 nitrogen and oxygen atoms in total. The fourth-order valence-corrected chi connectivity index (χ4v) is 4.96. The quantitative estimate of drug-likeness (QED) is 0.498. The molecule has 4 N–H and O–H groups in total. The molecule has 2 aliphatic rings. The number of rotatable bonds is 4. The van der Waals surface area contributed by atoms with E-state index in [1.807, 2.05) is 36.4 Å². The first-order chi connectivity index (χ1) is 13.9. The normalized spacial score (nSPS) is 22.3. The standard InChI is InChI=1S/C21H15BrClN5O/c22-13-8-26-21-18(27-20(28-21)11-2-1-3-12(23)7-11)16(13)17(24)14-9-4-5-10(6-9)15(14)19(25)29/h1-9,14-15,24H,(H2,25,29)(H,26,27,28)/t9-,14?,15-/m0/s1. The number of nitrogens with one attached hydrogen (secondary N) is 2. The highest BCUT2D eigenvalue weighted by molar-refractivity contribution is 9.10. The lowest BCUT2D eigenvalue weighted by Crippen LogP contribution is -2.36. The summed E-state index contributed by atoms with van der Waals surface area (Å²) in [5.74, 6) is -0.651. The van der Waals surface area contributed by atoms with Gasteiger partial charge in [0.1, 0.15) is 5.82 Å². The summed E-state index contributed by atoms with van der Waals surface area (Å²) in [7, 11) is 0. The van der Waals surface area contributed by atoms with Crippen molar-refractivity contribution in [1.29, 1.82) is 5.41 Å². The first kappa shape index (κ1) is 18.3. The summed E-state index contributed by atoms with van der Waals surface area (Å²) in [6, 6.07) is 7.36. The van der Waals surface area contributed by atoms with Gasteiger partial charge in [-0.1, -0.05) is 42.0 Å². The number of nitrogens with two attached hydrogens (primary N) is 1. The summed E-state index contributed by atoms with van der Waals surface area (Å²) in [4.78, 5) is 24.3. The van der Waals surface area contributed by atoms with Crippen molar-refractivity contribution in [2.24, 2.45) is 23.5 Å². The second-order valence-electron chi connectivity index (χ2n) is 7.20. The van der Waals surface area contributed by atoms with Crippen LogP contribution in [0, 0.1) is 23.2 Å². The molecule has 0 aliphatic heterocycles. The topological polar surface area (TPSA) is 109 Å². The zero-order valence-electron chi connectivity index (χ0n) is 15.0. The van der Waals surface area contributed by atoms with Gasteiger partial charge in [0.05, 0.1) is 11.4 Å². The van der Waals surface area contributed by atoms with Crippen LogP contribution in [0.5, 0.6) is 0 Å². The number of H-pyrrole nitrogens is 1. The highest BCUT2D eigenvalue weighted by Gasteiger charge is 2.45. The molecule has 8 heteroatoms. The Morgan fingerprint density at radius 3 is 2.93 bits per heavy atom. The lowest BCUT2D eigenvalue weighted by molar-refractivity contribution is -0.121. The molecule has 3 atom stereocenters. The van der Waals surface area contributed by atoms with Crippen LogP contribution in [-0.4, -0.2) is 26.6 Å². The molecule has 0 saturated carbocycles. The SMILES string of the molecule is N=C(c1c(Br)cnc2nc(-c3cccc(Cl)c3)[nH]c12)C1[C@H]2C=CC(=C2)[C@@H]1C(N)=O. The fraction of sp³-hybridized carbons (Fsp3) is 0.143. The third-order valence-electron chi connectivity index (χ3n) is 5.51. The molecule has 5 rings (SSSR count). The van der Waals surface area contributed by atoms with Crippen molar-refractivity contribution in [2.75, 3.05) is 0 Å². The van der Waals surface area contributed by atoms with Gasteiger partial charge in [-0.05, 0) is 33.6 Å². The van der Waals surface area contributed by atoms with Crippen molar-refractivity contribution < 1.29 is 4.79 Å². The van der Waals surface area contributed by atoms with E-state index in [2.05, 4.69) is 30.9 Å². The largest absolute Gasteiger partial charge is 0.369 e. The number of halogens is 2. The van der Waals surface area contributed by atoms with Crippen LogP contribution < -0.4 is 5.73 Å². The number of carbonyl (C=O) groups is 1. The second-order valence-corrected chi connectivity index (χ2v) is 8.49. The van der Waals surface area contributed by atoms with Gasteiger partial charge in [0.25, 0.3) is 0 Å². The van der Waals surface area contributed by atoms with Crippen molar-refractivity contribution in [1.82, 2.24) is 15.0 Å². The van der Waals surface area contributed by atoms with Crippen LogP contribution in [0.1, 0.15) is 5.56 Å². The predicted molar refractivity (Wildman–Crippen MR) is 116 cm³/mol. The van der Waals surface area contributed by atoms with Crippen molar-refractivity contribution in [2.45, 2.75) is 0 Å².